The Labute approximate surface area is 181 Å². The first kappa shape index (κ1) is 22.1. The number of nitrogens with one attached hydrogen (secondary N) is 1. The highest BCUT2D eigenvalue weighted by molar-refractivity contribution is 8.00. The Morgan fingerprint density at radius 3 is 2.50 bits per heavy atom. The van der Waals surface area contributed by atoms with E-state index in [0.29, 0.717) is 29.1 Å². The highest BCUT2D eigenvalue weighted by atomic mass is 32.2. The number of carbonyl (C=O) groups is 1. The van der Waals surface area contributed by atoms with E-state index in [-0.39, 0.29) is 22.6 Å². The molecule has 1 heterocycles. The predicted molar refractivity (Wildman–Crippen MR) is 124 cm³/mol. The Hall–Kier alpha value is -2.60. The van der Waals surface area contributed by atoms with Crippen molar-refractivity contribution < 1.29 is 4.79 Å². The third kappa shape index (κ3) is 5.11. The molecule has 1 amide bonds. The minimum atomic E-state index is -0.352. The van der Waals surface area contributed by atoms with Crippen molar-refractivity contribution >= 4 is 28.6 Å². The van der Waals surface area contributed by atoms with Gasteiger partial charge in [0.2, 0.25) is 5.91 Å². The SMILES string of the molecule is CCCn1c(S[C@@H](C)C(=O)NC[C@@H](CC)c2ccccc2)nc2ccccc2c1=O. The molecular weight excluding hydrogens is 394 g/mol. The van der Waals surface area contributed by atoms with Crippen LogP contribution in [0.3, 0.4) is 0 Å². The Kier molecular flexibility index (Phi) is 7.69. The molecule has 0 bridgehead atoms. The second-order valence-electron chi connectivity index (χ2n) is 7.39. The first-order valence-corrected chi connectivity index (χ1v) is 11.4. The molecule has 6 heteroatoms. The van der Waals surface area contributed by atoms with Crippen LogP contribution in [0.4, 0.5) is 0 Å². The van der Waals surface area contributed by atoms with Gasteiger partial charge in [0.05, 0.1) is 16.2 Å². The summed E-state index contributed by atoms with van der Waals surface area (Å²) >= 11 is 1.34. The fourth-order valence-corrected chi connectivity index (χ4v) is 4.42. The van der Waals surface area contributed by atoms with Crippen LogP contribution >= 0.6 is 11.8 Å². The molecule has 2 atom stereocenters. The van der Waals surface area contributed by atoms with Gasteiger partial charge in [-0.3, -0.25) is 14.2 Å². The molecule has 158 valence electrons. The number of fused-ring (bicyclic) bond motifs is 1. The summed E-state index contributed by atoms with van der Waals surface area (Å²) in [6, 6.07) is 17.6. The maximum Gasteiger partial charge on any atom is 0.262 e. The summed E-state index contributed by atoms with van der Waals surface area (Å²) in [6.45, 7) is 7.20. The van der Waals surface area contributed by atoms with E-state index in [0.717, 1.165) is 12.8 Å². The molecule has 3 aromatic rings. The lowest BCUT2D eigenvalue weighted by atomic mass is 9.96. The molecule has 0 aliphatic heterocycles. The molecule has 0 aliphatic carbocycles. The average Bonchev–Trinajstić information content (AvgIpc) is 2.77. The second-order valence-corrected chi connectivity index (χ2v) is 8.70. The largest absolute Gasteiger partial charge is 0.355 e. The van der Waals surface area contributed by atoms with E-state index in [2.05, 4.69) is 29.4 Å². The van der Waals surface area contributed by atoms with Crippen LogP contribution in [0.25, 0.3) is 10.9 Å². The van der Waals surface area contributed by atoms with Crippen LogP contribution in [0.15, 0.2) is 64.5 Å². The Morgan fingerprint density at radius 2 is 1.80 bits per heavy atom. The number of benzene rings is 2. The number of nitrogens with zero attached hydrogens (tertiary/aromatic N) is 2. The first-order valence-electron chi connectivity index (χ1n) is 10.5. The average molecular weight is 424 g/mol. The van der Waals surface area contributed by atoms with Crippen LogP contribution in [0.2, 0.25) is 0 Å². The van der Waals surface area contributed by atoms with Crippen LogP contribution in [0.5, 0.6) is 0 Å². The van der Waals surface area contributed by atoms with Crippen molar-refractivity contribution in [1.82, 2.24) is 14.9 Å². The van der Waals surface area contributed by atoms with Crippen molar-refractivity contribution in [2.45, 2.75) is 56.5 Å². The molecule has 0 aliphatic rings. The number of amides is 1. The fraction of sp³-hybridized carbons (Fsp3) is 0.375. The molecule has 2 aromatic carbocycles. The monoisotopic (exact) mass is 423 g/mol. The van der Waals surface area contributed by atoms with E-state index < -0.39 is 0 Å². The molecule has 30 heavy (non-hydrogen) atoms. The zero-order chi connectivity index (χ0) is 21.5. The van der Waals surface area contributed by atoms with E-state index in [1.54, 1.807) is 10.6 Å². The number of para-hydroxylation sites is 1. The standard InChI is InChI=1S/C24H29N3O2S/c1-4-15-27-23(29)20-13-9-10-14-21(20)26-24(27)30-17(3)22(28)25-16-18(5-2)19-11-7-6-8-12-19/h6-14,17-18H,4-5,15-16H2,1-3H3,(H,25,28)/t17-,18+/m0/s1. The normalized spacial score (nSPS) is 13.2. The van der Waals surface area contributed by atoms with Crippen LogP contribution < -0.4 is 10.9 Å². The zero-order valence-corrected chi connectivity index (χ0v) is 18.6. The quantitative estimate of drug-likeness (QED) is 0.404. The van der Waals surface area contributed by atoms with Crippen LogP contribution in [0, 0.1) is 0 Å². The smallest absolute Gasteiger partial charge is 0.262 e. The zero-order valence-electron chi connectivity index (χ0n) is 17.8. The van der Waals surface area contributed by atoms with E-state index in [9.17, 15) is 9.59 Å². The highest BCUT2D eigenvalue weighted by Crippen LogP contribution is 2.23. The minimum Gasteiger partial charge on any atom is -0.355 e. The highest BCUT2D eigenvalue weighted by Gasteiger charge is 2.20. The molecule has 0 spiro atoms. The van der Waals surface area contributed by atoms with Crippen molar-refractivity contribution in [3.8, 4) is 0 Å². The van der Waals surface area contributed by atoms with Gasteiger partial charge in [0.15, 0.2) is 5.16 Å². The fourth-order valence-electron chi connectivity index (χ4n) is 3.46. The van der Waals surface area contributed by atoms with Gasteiger partial charge < -0.3 is 5.32 Å². The minimum absolute atomic E-state index is 0.0418. The molecule has 0 fully saturated rings. The topological polar surface area (TPSA) is 64.0 Å². The Morgan fingerprint density at radius 1 is 1.10 bits per heavy atom. The Bertz CT molecular complexity index is 1050. The summed E-state index contributed by atoms with van der Waals surface area (Å²) in [4.78, 5) is 30.4. The third-order valence-corrected chi connectivity index (χ3v) is 6.30. The van der Waals surface area contributed by atoms with Crippen LogP contribution in [-0.2, 0) is 11.3 Å². The lowest BCUT2D eigenvalue weighted by molar-refractivity contribution is -0.120. The molecule has 1 N–H and O–H groups in total. The van der Waals surface area contributed by atoms with Crippen molar-refractivity contribution in [2.24, 2.45) is 0 Å². The Balaban J connectivity index is 1.74. The molecule has 0 unspecified atom stereocenters. The first-order chi connectivity index (χ1) is 14.5. The van der Waals surface area contributed by atoms with Gasteiger partial charge in [0.25, 0.3) is 5.56 Å². The van der Waals surface area contributed by atoms with Crippen molar-refractivity contribution in [3.63, 3.8) is 0 Å². The van der Waals surface area contributed by atoms with Gasteiger partial charge in [-0.05, 0) is 37.5 Å². The van der Waals surface area contributed by atoms with E-state index in [4.69, 9.17) is 0 Å². The number of hydrogen-bond acceptors (Lipinski definition) is 4. The number of thioether (sulfide) groups is 1. The molecule has 0 radical (unpaired) electrons. The van der Waals surface area contributed by atoms with Crippen LogP contribution in [0.1, 0.15) is 45.1 Å². The summed E-state index contributed by atoms with van der Waals surface area (Å²) in [6.07, 6.45) is 1.78. The summed E-state index contributed by atoms with van der Waals surface area (Å²) in [5, 5.41) is 3.94. The van der Waals surface area contributed by atoms with E-state index in [1.807, 2.05) is 50.2 Å². The molecule has 0 saturated carbocycles. The number of aromatic nitrogens is 2. The lowest BCUT2D eigenvalue weighted by Crippen LogP contribution is -2.34. The van der Waals surface area contributed by atoms with E-state index >= 15 is 0 Å². The summed E-state index contributed by atoms with van der Waals surface area (Å²) in [5.41, 5.74) is 1.85. The van der Waals surface area contributed by atoms with Gasteiger partial charge >= 0.3 is 0 Å². The van der Waals surface area contributed by atoms with Gasteiger partial charge in [0.1, 0.15) is 0 Å². The van der Waals surface area contributed by atoms with Gasteiger partial charge in [0, 0.05) is 19.0 Å². The van der Waals surface area contributed by atoms with Crippen molar-refractivity contribution in [1.29, 1.82) is 0 Å². The summed E-state index contributed by atoms with van der Waals surface area (Å²) in [5.74, 6) is 0.240. The number of rotatable bonds is 9. The van der Waals surface area contributed by atoms with Gasteiger partial charge in [-0.25, -0.2) is 4.98 Å². The van der Waals surface area contributed by atoms with Crippen LogP contribution in [-0.4, -0.2) is 27.3 Å². The summed E-state index contributed by atoms with van der Waals surface area (Å²) in [7, 11) is 0. The molecule has 5 nitrogen and oxygen atoms in total. The number of carbonyl (C=O) groups excluding carboxylic acids is 1. The maximum atomic E-state index is 12.9. The van der Waals surface area contributed by atoms with Crippen molar-refractivity contribution in [2.75, 3.05) is 6.54 Å². The molecule has 1 aromatic heterocycles. The van der Waals surface area contributed by atoms with E-state index in [1.165, 1.54) is 17.3 Å². The number of hydrogen-bond donors (Lipinski definition) is 1. The van der Waals surface area contributed by atoms with Gasteiger partial charge in [-0.1, -0.05) is 68.1 Å². The molecule has 0 saturated heterocycles. The van der Waals surface area contributed by atoms with Gasteiger partial charge in [-0.2, -0.15) is 0 Å². The second kappa shape index (κ2) is 10.4. The molecular formula is C24H29N3O2S. The van der Waals surface area contributed by atoms with Crippen molar-refractivity contribution in [3.05, 3.63) is 70.5 Å². The van der Waals surface area contributed by atoms with Gasteiger partial charge in [-0.15, -0.1) is 0 Å². The molecule has 3 rings (SSSR count). The third-order valence-electron chi connectivity index (χ3n) is 5.21. The predicted octanol–water partition coefficient (Wildman–Crippen LogP) is 4.60. The maximum absolute atomic E-state index is 12.9. The summed E-state index contributed by atoms with van der Waals surface area (Å²) < 4.78 is 1.69. The lowest BCUT2D eigenvalue weighted by Gasteiger charge is -2.19.